The summed E-state index contributed by atoms with van der Waals surface area (Å²) in [4.78, 5) is 0. The molecule has 0 bridgehead atoms. The first-order valence-corrected chi connectivity index (χ1v) is 30.5. The third-order valence-electron chi connectivity index (χ3n) is 8.14. The van der Waals surface area contributed by atoms with Gasteiger partial charge in [0.25, 0.3) is 0 Å². The normalized spacial score (nSPS) is 17.3. The molecule has 4 aromatic rings. The van der Waals surface area contributed by atoms with Gasteiger partial charge in [0.1, 0.15) is 0 Å². The van der Waals surface area contributed by atoms with Crippen molar-refractivity contribution in [1.29, 1.82) is 0 Å². The molecule has 0 N–H and O–H groups in total. The van der Waals surface area contributed by atoms with Crippen LogP contribution in [0.15, 0.2) is 121 Å². The summed E-state index contributed by atoms with van der Waals surface area (Å²) in [7, 11) is -1.34. The van der Waals surface area contributed by atoms with Crippen LogP contribution in [0.5, 0.6) is 0 Å². The van der Waals surface area contributed by atoms with Gasteiger partial charge in [-0.25, -0.2) is 0 Å². The Labute approximate surface area is 229 Å². The van der Waals surface area contributed by atoms with E-state index >= 15 is 0 Å². The molecule has 37 heavy (non-hydrogen) atoms. The summed E-state index contributed by atoms with van der Waals surface area (Å²) in [5.41, 5.74) is 0. The summed E-state index contributed by atoms with van der Waals surface area (Å²) in [5, 5.41) is 6.61. The van der Waals surface area contributed by atoms with Crippen molar-refractivity contribution in [1.82, 2.24) is 0 Å². The molecule has 0 heterocycles. The molecule has 0 nitrogen and oxygen atoms in total. The molecular formula is C32H48NiP4. The van der Waals surface area contributed by atoms with Gasteiger partial charge < -0.3 is 0 Å². The Morgan fingerprint density at radius 1 is 0.297 bits per heavy atom. The minimum atomic E-state index is -2.03. The van der Waals surface area contributed by atoms with Crippen molar-refractivity contribution in [2.45, 2.75) is 0 Å². The molecule has 0 aliphatic carbocycles. The Morgan fingerprint density at radius 3 is 0.622 bits per heavy atom. The minimum absolute atomic E-state index is 1.34. The van der Waals surface area contributed by atoms with E-state index in [1.54, 1.807) is 21.2 Å². The van der Waals surface area contributed by atoms with Crippen molar-refractivity contribution in [2.75, 3.05) is 53.3 Å². The Kier molecular flexibility index (Phi) is 8.59. The fourth-order valence-electron chi connectivity index (χ4n) is 6.81. The maximum absolute atomic E-state index is 2.77. The first-order chi connectivity index (χ1) is 17.4. The molecule has 0 saturated carbocycles. The van der Waals surface area contributed by atoms with Gasteiger partial charge in [-0.2, -0.15) is 0 Å². The van der Waals surface area contributed by atoms with Gasteiger partial charge in [-0.1, -0.05) is 0 Å². The molecule has 0 atom stereocenters. The summed E-state index contributed by atoms with van der Waals surface area (Å²) >= 11 is 0. The van der Waals surface area contributed by atoms with Crippen LogP contribution < -0.4 is 21.2 Å². The van der Waals surface area contributed by atoms with Gasteiger partial charge in [-0.3, -0.25) is 0 Å². The molecule has 0 saturated heterocycles. The van der Waals surface area contributed by atoms with Crippen molar-refractivity contribution in [3.8, 4) is 0 Å². The van der Waals surface area contributed by atoms with E-state index in [0.717, 1.165) is 0 Å². The second-order valence-corrected chi connectivity index (χ2v) is 56.9. The predicted molar refractivity (Wildman–Crippen MR) is 185 cm³/mol. The quantitative estimate of drug-likeness (QED) is 0.146. The van der Waals surface area contributed by atoms with E-state index in [1.807, 2.05) is 0 Å². The van der Waals surface area contributed by atoms with Crippen LogP contribution in [-0.2, 0) is 10.7 Å². The first kappa shape index (κ1) is 29.1. The molecule has 4 aromatic carbocycles. The zero-order chi connectivity index (χ0) is 27.0. The first-order valence-electron chi connectivity index (χ1n) is 13.3. The van der Waals surface area contributed by atoms with Crippen molar-refractivity contribution in [2.24, 2.45) is 0 Å². The summed E-state index contributed by atoms with van der Waals surface area (Å²) in [6.07, 6.45) is 0. The molecule has 0 unspecified atom stereocenters. The van der Waals surface area contributed by atoms with Gasteiger partial charge in [-0.05, 0) is 0 Å². The van der Waals surface area contributed by atoms with E-state index < -0.39 is 34.8 Å². The van der Waals surface area contributed by atoms with Crippen LogP contribution in [0.4, 0.5) is 0 Å². The standard InChI is InChI=1S/4C8H11P.Ni/c4*1-9(2)8-6-4-3-5-7-8;/h4*3-7H,1-2H3;/q;;;;-4/p+4. The Bertz CT molecular complexity index is 1090. The molecule has 0 radical (unpaired) electrons. The summed E-state index contributed by atoms with van der Waals surface area (Å²) < 4.78 is 0. The number of hydrogen-bond donors (Lipinski definition) is 0. The summed E-state index contributed by atoms with van der Waals surface area (Å²) in [6.45, 7) is 22.2. The second-order valence-electron chi connectivity index (χ2n) is 11.5. The SMILES string of the molecule is C[PH](C)(c1ccccc1)[Ni]([PH](C)(C)c1ccccc1)([PH](C)(C)c1ccccc1)[PH](C)(C)c1ccccc1. The monoisotopic (exact) mass is 614 g/mol. The van der Waals surface area contributed by atoms with Gasteiger partial charge in [0.2, 0.25) is 0 Å². The van der Waals surface area contributed by atoms with E-state index in [1.165, 1.54) is 0 Å². The molecule has 0 aliphatic rings. The number of hydrogen-bond acceptors (Lipinski definition) is 0. The fraction of sp³-hybridized carbons (Fsp3) is 0.250. The number of rotatable bonds is 8. The zero-order valence-electron chi connectivity index (χ0n) is 23.9. The number of benzene rings is 4. The van der Waals surface area contributed by atoms with E-state index in [2.05, 4.69) is 175 Å². The zero-order valence-corrected chi connectivity index (χ0v) is 28.9. The molecule has 0 amide bonds. The average Bonchev–Trinajstić information content (AvgIpc) is 2.90. The van der Waals surface area contributed by atoms with Gasteiger partial charge >= 0.3 is 231 Å². The fourth-order valence-corrected chi connectivity index (χ4v) is 139. The summed E-state index contributed by atoms with van der Waals surface area (Å²) in [6, 6.07) is 38.9. The van der Waals surface area contributed by atoms with Crippen LogP contribution in [0.1, 0.15) is 0 Å². The van der Waals surface area contributed by atoms with Gasteiger partial charge in [0, 0.05) is 0 Å². The Hall–Kier alpha value is -0.906. The predicted octanol–water partition coefficient (Wildman–Crippen LogP) is 7.14. The molecule has 206 valence electrons. The van der Waals surface area contributed by atoms with Crippen LogP contribution in [-0.4, -0.2) is 53.3 Å². The average molecular weight is 615 g/mol. The van der Waals surface area contributed by atoms with Crippen molar-refractivity contribution in [3.05, 3.63) is 121 Å². The third-order valence-corrected chi connectivity index (χ3v) is 104. The summed E-state index contributed by atoms with van der Waals surface area (Å²) in [5.74, 6) is 0. The molecule has 5 heteroatoms. The van der Waals surface area contributed by atoms with E-state index in [4.69, 9.17) is 0 Å². The topological polar surface area (TPSA) is 0 Å². The van der Waals surface area contributed by atoms with Crippen LogP contribution in [0.2, 0.25) is 0 Å². The van der Waals surface area contributed by atoms with Crippen molar-refractivity contribution >= 4 is 45.4 Å². The molecular weight excluding hydrogens is 567 g/mol. The third kappa shape index (κ3) is 4.63. The maximum atomic E-state index is 2.77. The molecule has 0 aromatic heterocycles. The molecule has 0 spiro atoms. The van der Waals surface area contributed by atoms with Gasteiger partial charge in [-0.15, -0.1) is 0 Å². The van der Waals surface area contributed by atoms with Crippen LogP contribution in [0, 0.1) is 0 Å². The second kappa shape index (κ2) is 10.9. The van der Waals surface area contributed by atoms with Gasteiger partial charge in [0.05, 0.1) is 0 Å². The molecule has 4 rings (SSSR count). The molecule has 0 fully saturated rings. The van der Waals surface area contributed by atoms with Crippen LogP contribution >= 0.6 is 24.1 Å². The van der Waals surface area contributed by atoms with E-state index in [9.17, 15) is 0 Å². The van der Waals surface area contributed by atoms with Gasteiger partial charge in [0.15, 0.2) is 0 Å². The Balaban J connectivity index is 2.24. The van der Waals surface area contributed by atoms with Crippen molar-refractivity contribution in [3.63, 3.8) is 0 Å². The Morgan fingerprint density at radius 2 is 0.459 bits per heavy atom. The van der Waals surface area contributed by atoms with E-state index in [0.29, 0.717) is 0 Å². The molecule has 0 aliphatic heterocycles. The van der Waals surface area contributed by atoms with E-state index in [-0.39, 0.29) is 0 Å². The van der Waals surface area contributed by atoms with Crippen molar-refractivity contribution < 1.29 is 10.7 Å². The van der Waals surface area contributed by atoms with Crippen LogP contribution in [0.25, 0.3) is 0 Å². The van der Waals surface area contributed by atoms with Crippen LogP contribution in [0.3, 0.4) is 0 Å².